The summed E-state index contributed by atoms with van der Waals surface area (Å²) in [5.41, 5.74) is 10.1. The van der Waals surface area contributed by atoms with Crippen molar-refractivity contribution >= 4 is 40.4 Å². The predicted octanol–water partition coefficient (Wildman–Crippen LogP) is 2.08. The lowest BCUT2D eigenvalue weighted by Crippen LogP contribution is -2.52. The van der Waals surface area contributed by atoms with Gasteiger partial charge in [-0.15, -0.1) is 0 Å². The van der Waals surface area contributed by atoms with Crippen LogP contribution in [0.2, 0.25) is 0 Å². The van der Waals surface area contributed by atoms with Crippen LogP contribution in [0.4, 0.5) is 0 Å². The van der Waals surface area contributed by atoms with Crippen LogP contribution in [-0.4, -0.2) is 22.6 Å². The molecule has 0 amide bonds. The van der Waals surface area contributed by atoms with Crippen LogP contribution >= 0.6 is 24.4 Å². The van der Waals surface area contributed by atoms with Crippen LogP contribution in [0.15, 0.2) is 0 Å². The first kappa shape index (κ1) is 17.2. The van der Waals surface area contributed by atoms with Gasteiger partial charge >= 0.3 is 5.97 Å². The molecule has 0 saturated heterocycles. The lowest BCUT2D eigenvalue weighted by atomic mass is 9.82. The fraction of sp³-hybridized carbons (Fsp3) is 0.750. The second-order valence-corrected chi connectivity index (χ2v) is 5.11. The van der Waals surface area contributed by atoms with Crippen molar-refractivity contribution < 1.29 is 9.53 Å². The first-order valence-electron chi connectivity index (χ1n) is 6.20. The molecular weight excluding hydrogens is 268 g/mol. The van der Waals surface area contributed by atoms with Gasteiger partial charge in [-0.2, -0.15) is 0 Å². The molecule has 0 rings (SSSR count). The van der Waals surface area contributed by atoms with Gasteiger partial charge in [-0.3, -0.25) is 4.79 Å². The van der Waals surface area contributed by atoms with Crippen molar-refractivity contribution in [3.63, 3.8) is 0 Å². The maximum Gasteiger partial charge on any atom is 0.325 e. The summed E-state index contributed by atoms with van der Waals surface area (Å²) in [4.78, 5) is 12.2. The highest BCUT2D eigenvalue weighted by Gasteiger charge is 2.45. The van der Waals surface area contributed by atoms with Gasteiger partial charge in [-0.05, 0) is 12.8 Å². The Hall–Kier alpha value is -0.750. The van der Waals surface area contributed by atoms with Gasteiger partial charge in [-0.25, -0.2) is 0 Å². The van der Waals surface area contributed by atoms with Gasteiger partial charge < -0.3 is 16.2 Å². The van der Waals surface area contributed by atoms with E-state index >= 15 is 0 Å². The minimum atomic E-state index is -1.28. The molecular formula is C12H22N2O2S2. The van der Waals surface area contributed by atoms with Crippen LogP contribution in [-0.2, 0) is 9.53 Å². The summed E-state index contributed by atoms with van der Waals surface area (Å²) < 4.78 is 5.19. The van der Waals surface area contributed by atoms with Gasteiger partial charge in [0.05, 0.1) is 16.6 Å². The average molecular weight is 290 g/mol. The minimum absolute atomic E-state index is 0.00458. The third-order valence-electron chi connectivity index (χ3n) is 2.83. The fourth-order valence-electron chi connectivity index (χ4n) is 1.55. The van der Waals surface area contributed by atoms with Gasteiger partial charge in [0.25, 0.3) is 0 Å². The van der Waals surface area contributed by atoms with E-state index in [0.29, 0.717) is 13.0 Å². The van der Waals surface area contributed by atoms with Crippen LogP contribution in [0.3, 0.4) is 0 Å². The molecule has 18 heavy (non-hydrogen) atoms. The van der Waals surface area contributed by atoms with E-state index in [1.54, 1.807) is 0 Å². The lowest BCUT2D eigenvalue weighted by molar-refractivity contribution is -0.148. The molecule has 4 nitrogen and oxygen atoms in total. The van der Waals surface area contributed by atoms with Gasteiger partial charge in [0.2, 0.25) is 0 Å². The molecule has 0 aliphatic rings. The zero-order chi connectivity index (χ0) is 14.2. The number of esters is 1. The zero-order valence-electron chi connectivity index (χ0n) is 11.0. The van der Waals surface area contributed by atoms with E-state index in [4.69, 9.17) is 40.6 Å². The van der Waals surface area contributed by atoms with Crippen LogP contribution in [0, 0.1) is 5.41 Å². The topological polar surface area (TPSA) is 78.3 Å². The van der Waals surface area contributed by atoms with Crippen LogP contribution in [0.25, 0.3) is 0 Å². The molecule has 0 saturated carbocycles. The van der Waals surface area contributed by atoms with Crippen molar-refractivity contribution in [1.82, 2.24) is 0 Å². The Bertz CT molecular complexity index is 305. The van der Waals surface area contributed by atoms with Crippen LogP contribution < -0.4 is 11.5 Å². The summed E-state index contributed by atoms with van der Waals surface area (Å²) >= 11 is 9.97. The maximum absolute atomic E-state index is 12.2. The summed E-state index contributed by atoms with van der Waals surface area (Å²) in [6.45, 7) is 4.36. The average Bonchev–Trinajstić information content (AvgIpc) is 2.29. The van der Waals surface area contributed by atoms with E-state index in [0.717, 1.165) is 25.7 Å². The van der Waals surface area contributed by atoms with Crippen molar-refractivity contribution in [2.45, 2.75) is 46.0 Å². The van der Waals surface area contributed by atoms with Gasteiger partial charge in [0.1, 0.15) is 0 Å². The minimum Gasteiger partial charge on any atom is -0.465 e. The number of rotatable bonds is 9. The number of carbonyl (C=O) groups is 1. The summed E-state index contributed by atoms with van der Waals surface area (Å²) in [5.74, 6) is -0.510. The van der Waals surface area contributed by atoms with E-state index in [-0.39, 0.29) is 9.98 Å². The van der Waals surface area contributed by atoms with E-state index < -0.39 is 11.4 Å². The zero-order valence-corrected chi connectivity index (χ0v) is 12.7. The Morgan fingerprint density at radius 3 is 2.00 bits per heavy atom. The normalized spacial score (nSPS) is 11.0. The van der Waals surface area contributed by atoms with Crippen LogP contribution in [0.1, 0.15) is 46.0 Å². The Morgan fingerprint density at radius 1 is 1.11 bits per heavy atom. The number of thiocarbonyl (C=S) groups is 2. The summed E-state index contributed by atoms with van der Waals surface area (Å²) in [6, 6.07) is 0. The molecule has 0 aromatic heterocycles. The number of hydrogen-bond donors (Lipinski definition) is 2. The molecule has 0 atom stereocenters. The van der Waals surface area contributed by atoms with Gasteiger partial charge in [-0.1, -0.05) is 57.5 Å². The molecule has 0 bridgehead atoms. The molecule has 0 aromatic rings. The largest absolute Gasteiger partial charge is 0.465 e. The number of nitrogens with two attached hydrogens (primary N) is 2. The van der Waals surface area contributed by atoms with E-state index in [1.165, 1.54) is 0 Å². The molecule has 0 aliphatic heterocycles. The SMILES string of the molecule is CCCCOC(=O)C(CCCC)(C(N)=S)C(N)=S. The van der Waals surface area contributed by atoms with Crippen molar-refractivity contribution in [2.75, 3.05) is 6.61 Å². The predicted molar refractivity (Wildman–Crippen MR) is 81.4 cm³/mol. The van der Waals surface area contributed by atoms with E-state index in [2.05, 4.69) is 0 Å². The van der Waals surface area contributed by atoms with E-state index in [9.17, 15) is 4.79 Å². The number of ether oxygens (including phenoxy) is 1. The summed E-state index contributed by atoms with van der Waals surface area (Å²) in [7, 11) is 0. The van der Waals surface area contributed by atoms with Crippen molar-refractivity contribution in [1.29, 1.82) is 0 Å². The highest BCUT2D eigenvalue weighted by Crippen LogP contribution is 2.28. The monoisotopic (exact) mass is 290 g/mol. The molecule has 0 fully saturated rings. The van der Waals surface area contributed by atoms with Crippen molar-refractivity contribution in [3.8, 4) is 0 Å². The van der Waals surface area contributed by atoms with Crippen molar-refractivity contribution in [2.24, 2.45) is 16.9 Å². The van der Waals surface area contributed by atoms with Gasteiger partial charge in [0, 0.05) is 0 Å². The molecule has 0 aromatic carbocycles. The maximum atomic E-state index is 12.2. The molecule has 0 heterocycles. The second kappa shape index (κ2) is 8.37. The second-order valence-electron chi connectivity index (χ2n) is 4.23. The smallest absolute Gasteiger partial charge is 0.325 e. The first-order chi connectivity index (χ1) is 8.43. The molecule has 6 heteroatoms. The molecule has 0 aliphatic carbocycles. The standard InChI is InChI=1S/C12H22N2O2S2/c1-3-5-7-12(9(13)17,10(14)18)11(15)16-8-6-4-2/h3-8H2,1-2H3,(H2,13,17)(H2,14,18). The molecule has 4 N–H and O–H groups in total. The Morgan fingerprint density at radius 2 is 1.61 bits per heavy atom. The van der Waals surface area contributed by atoms with Gasteiger partial charge in [0.15, 0.2) is 5.41 Å². The summed E-state index contributed by atoms with van der Waals surface area (Å²) in [6.07, 6.45) is 3.81. The summed E-state index contributed by atoms with van der Waals surface area (Å²) in [5, 5.41) is 0. The van der Waals surface area contributed by atoms with Crippen molar-refractivity contribution in [3.05, 3.63) is 0 Å². The lowest BCUT2D eigenvalue weighted by Gasteiger charge is -2.29. The Kier molecular flexibility index (Phi) is 8.02. The molecule has 104 valence electrons. The fourth-order valence-corrected chi connectivity index (χ4v) is 2.20. The number of unbranched alkanes of at least 4 members (excludes halogenated alkanes) is 2. The molecule has 0 unspecified atom stereocenters. The number of hydrogen-bond acceptors (Lipinski definition) is 4. The first-order valence-corrected chi connectivity index (χ1v) is 7.02. The highest BCUT2D eigenvalue weighted by atomic mass is 32.1. The molecule has 0 spiro atoms. The third kappa shape index (κ3) is 4.17. The Labute approximate surface area is 119 Å². The van der Waals surface area contributed by atoms with E-state index in [1.807, 2.05) is 13.8 Å². The Balaban J connectivity index is 4.98. The third-order valence-corrected chi connectivity index (χ3v) is 3.52. The number of carbonyl (C=O) groups excluding carboxylic acids is 1. The quantitative estimate of drug-likeness (QED) is 0.384. The molecule has 0 radical (unpaired) electrons. The highest BCUT2D eigenvalue weighted by molar-refractivity contribution is 7.82. The van der Waals surface area contributed by atoms with Crippen LogP contribution in [0.5, 0.6) is 0 Å².